The Morgan fingerprint density at radius 1 is 0.475 bits per heavy atom. The Labute approximate surface area is 243 Å². The maximum Gasteiger partial charge on any atom is 0.326 e. The molecule has 4 aromatic rings. The molecule has 0 spiro atoms. The molecule has 0 saturated heterocycles. The van der Waals surface area contributed by atoms with Gasteiger partial charge in [-0.3, -0.25) is 9.80 Å². The maximum atomic E-state index is 13.2. The molecule has 0 unspecified atom stereocenters. The van der Waals surface area contributed by atoms with Crippen LogP contribution in [0.5, 0.6) is 0 Å². The zero-order valence-corrected chi connectivity index (χ0v) is 23.6. The van der Waals surface area contributed by atoms with Crippen LogP contribution in [0.3, 0.4) is 0 Å². The number of carbonyl (C=O) groups is 2. The van der Waals surface area contributed by atoms with Gasteiger partial charge >= 0.3 is 12.1 Å². The standard InChI is InChI=1S/C32H30N4O2S2/c37-31(35-23-13-3-7-17-27(23)39-28-18-8-4-14-24(28)35)33-21-11-1-2-12-22-34-32(38)36-25-15-5-9-19-29(25)40-30-20-10-6-16-26(30)36/h3-10,13-20H,1-2,11-12,21-22H2,(H,33,37)(H,34,38). The van der Waals surface area contributed by atoms with Crippen LogP contribution in [-0.2, 0) is 0 Å². The van der Waals surface area contributed by atoms with Crippen molar-refractivity contribution in [2.45, 2.75) is 45.3 Å². The third kappa shape index (κ3) is 5.42. The van der Waals surface area contributed by atoms with Crippen LogP contribution < -0.4 is 20.4 Å². The van der Waals surface area contributed by atoms with Gasteiger partial charge in [0.25, 0.3) is 0 Å². The molecule has 2 aliphatic heterocycles. The number of carbonyl (C=O) groups excluding carboxylic acids is 2. The average Bonchev–Trinajstić information content (AvgIpc) is 2.99. The van der Waals surface area contributed by atoms with Gasteiger partial charge in [-0.15, -0.1) is 0 Å². The number of urea groups is 2. The van der Waals surface area contributed by atoms with Gasteiger partial charge in [-0.05, 0) is 61.4 Å². The topological polar surface area (TPSA) is 64.7 Å². The summed E-state index contributed by atoms with van der Waals surface area (Å²) in [6.45, 7) is 1.22. The molecular weight excluding hydrogens is 537 g/mol. The van der Waals surface area contributed by atoms with Gasteiger partial charge in [-0.25, -0.2) is 9.59 Å². The smallest absolute Gasteiger partial charge is 0.326 e. The van der Waals surface area contributed by atoms with E-state index in [1.54, 1.807) is 33.3 Å². The molecule has 202 valence electrons. The Bertz CT molecular complexity index is 1340. The molecule has 0 saturated carbocycles. The Kier molecular flexibility index (Phi) is 7.97. The summed E-state index contributed by atoms with van der Waals surface area (Å²) in [5.74, 6) is 0. The van der Waals surface area contributed by atoms with Gasteiger partial charge in [0.15, 0.2) is 0 Å². The molecule has 2 aliphatic rings. The van der Waals surface area contributed by atoms with Crippen molar-refractivity contribution in [1.29, 1.82) is 0 Å². The highest BCUT2D eigenvalue weighted by Crippen LogP contribution is 2.49. The van der Waals surface area contributed by atoms with Gasteiger partial charge in [-0.2, -0.15) is 0 Å². The number of nitrogens with zero attached hydrogens (tertiary/aromatic N) is 2. The van der Waals surface area contributed by atoms with Crippen LogP contribution in [0.25, 0.3) is 0 Å². The van der Waals surface area contributed by atoms with E-state index >= 15 is 0 Å². The summed E-state index contributed by atoms with van der Waals surface area (Å²) in [6, 6.07) is 31.8. The van der Waals surface area contributed by atoms with Crippen molar-refractivity contribution in [2.75, 3.05) is 22.9 Å². The first-order valence-electron chi connectivity index (χ1n) is 13.6. The SMILES string of the molecule is O=C(NCCCCCCNC(=O)N1c2ccccc2Sc2ccccc21)N1c2ccccc2Sc2ccccc21. The Morgan fingerprint density at radius 3 is 1.10 bits per heavy atom. The second kappa shape index (κ2) is 12.1. The first-order valence-corrected chi connectivity index (χ1v) is 15.2. The molecule has 2 N–H and O–H groups in total. The predicted molar refractivity (Wildman–Crippen MR) is 164 cm³/mol. The number of fused-ring (bicyclic) bond motifs is 4. The molecule has 0 bridgehead atoms. The average molecular weight is 567 g/mol. The molecule has 0 aromatic heterocycles. The second-order valence-electron chi connectivity index (χ2n) is 9.62. The van der Waals surface area contributed by atoms with Gasteiger partial charge in [0.1, 0.15) is 0 Å². The molecule has 6 rings (SSSR count). The fourth-order valence-corrected chi connectivity index (χ4v) is 7.12. The van der Waals surface area contributed by atoms with E-state index in [1.807, 2.05) is 72.8 Å². The molecule has 0 radical (unpaired) electrons. The first-order chi connectivity index (χ1) is 19.7. The van der Waals surface area contributed by atoms with E-state index in [9.17, 15) is 9.59 Å². The van der Waals surface area contributed by atoms with E-state index in [1.165, 1.54) is 0 Å². The number of hydrogen-bond acceptors (Lipinski definition) is 4. The van der Waals surface area contributed by atoms with Gasteiger partial charge in [0, 0.05) is 32.7 Å². The minimum Gasteiger partial charge on any atom is -0.337 e. The summed E-state index contributed by atoms with van der Waals surface area (Å²) in [6.07, 6.45) is 3.72. The molecular formula is C32H30N4O2S2. The number of hydrogen-bond donors (Lipinski definition) is 2. The highest BCUT2D eigenvalue weighted by Gasteiger charge is 2.28. The fourth-order valence-electron chi connectivity index (χ4n) is 5.00. The van der Waals surface area contributed by atoms with Crippen LogP contribution >= 0.6 is 23.5 Å². The van der Waals surface area contributed by atoms with Gasteiger partial charge in [0.05, 0.1) is 22.7 Å². The molecule has 0 fully saturated rings. The van der Waals surface area contributed by atoms with Gasteiger partial charge < -0.3 is 10.6 Å². The minimum atomic E-state index is -0.104. The quantitative estimate of drug-likeness (QED) is 0.220. The maximum absolute atomic E-state index is 13.2. The highest BCUT2D eigenvalue weighted by atomic mass is 32.2. The zero-order valence-electron chi connectivity index (χ0n) is 22.0. The van der Waals surface area contributed by atoms with Crippen LogP contribution in [0, 0.1) is 0 Å². The summed E-state index contributed by atoms with van der Waals surface area (Å²) in [5.41, 5.74) is 3.66. The summed E-state index contributed by atoms with van der Waals surface area (Å²) >= 11 is 3.38. The second-order valence-corrected chi connectivity index (χ2v) is 11.8. The number of rotatable bonds is 7. The van der Waals surface area contributed by atoms with Crippen LogP contribution in [-0.4, -0.2) is 25.2 Å². The van der Waals surface area contributed by atoms with Crippen LogP contribution in [0.2, 0.25) is 0 Å². The van der Waals surface area contributed by atoms with Crippen LogP contribution in [0.1, 0.15) is 25.7 Å². The number of anilines is 4. The van der Waals surface area contributed by atoms with Crippen molar-refractivity contribution < 1.29 is 9.59 Å². The van der Waals surface area contributed by atoms with E-state index < -0.39 is 0 Å². The molecule has 2 heterocycles. The van der Waals surface area contributed by atoms with Crippen molar-refractivity contribution in [3.05, 3.63) is 97.1 Å². The van der Waals surface area contributed by atoms with E-state index in [0.717, 1.165) is 68.0 Å². The van der Waals surface area contributed by atoms with Crippen molar-refractivity contribution >= 4 is 58.3 Å². The van der Waals surface area contributed by atoms with Crippen LogP contribution in [0.15, 0.2) is 117 Å². The zero-order chi connectivity index (χ0) is 27.3. The molecule has 4 aromatic carbocycles. The van der Waals surface area contributed by atoms with Gasteiger partial charge in [0.2, 0.25) is 0 Å². The van der Waals surface area contributed by atoms with E-state index in [2.05, 4.69) is 34.9 Å². The molecule has 0 atom stereocenters. The fraction of sp³-hybridized carbons (Fsp3) is 0.188. The first kappa shape index (κ1) is 26.3. The lowest BCUT2D eigenvalue weighted by atomic mass is 10.2. The molecule has 4 amide bonds. The van der Waals surface area contributed by atoms with Crippen molar-refractivity contribution in [3.8, 4) is 0 Å². The van der Waals surface area contributed by atoms with Crippen molar-refractivity contribution in [3.63, 3.8) is 0 Å². The number of amides is 4. The van der Waals surface area contributed by atoms with E-state index in [-0.39, 0.29) is 12.1 Å². The normalized spacial score (nSPS) is 13.0. The Hall–Kier alpha value is -3.88. The summed E-state index contributed by atoms with van der Waals surface area (Å²) in [5, 5.41) is 6.21. The van der Waals surface area contributed by atoms with Crippen LogP contribution in [0.4, 0.5) is 32.3 Å². The minimum absolute atomic E-state index is 0.104. The lowest BCUT2D eigenvalue weighted by Crippen LogP contribution is -2.39. The Balaban J connectivity index is 0.962. The highest BCUT2D eigenvalue weighted by molar-refractivity contribution is 8.00. The summed E-state index contributed by atoms with van der Waals surface area (Å²) in [4.78, 5) is 34.3. The monoisotopic (exact) mass is 566 g/mol. The van der Waals surface area contributed by atoms with Crippen molar-refractivity contribution in [2.24, 2.45) is 0 Å². The van der Waals surface area contributed by atoms with E-state index in [4.69, 9.17) is 0 Å². The molecule has 0 aliphatic carbocycles. The summed E-state index contributed by atoms with van der Waals surface area (Å²) in [7, 11) is 0. The number of unbranched alkanes of at least 4 members (excludes halogenated alkanes) is 3. The number of nitrogens with one attached hydrogen (secondary N) is 2. The lowest BCUT2D eigenvalue weighted by Gasteiger charge is -2.31. The third-order valence-corrected chi connectivity index (χ3v) is 9.19. The van der Waals surface area contributed by atoms with E-state index in [0.29, 0.717) is 13.1 Å². The Morgan fingerprint density at radius 2 is 0.775 bits per heavy atom. The lowest BCUT2D eigenvalue weighted by molar-refractivity contribution is 0.247. The molecule has 6 nitrogen and oxygen atoms in total. The summed E-state index contributed by atoms with van der Waals surface area (Å²) < 4.78 is 0. The predicted octanol–water partition coefficient (Wildman–Crippen LogP) is 8.57. The largest absolute Gasteiger partial charge is 0.337 e. The molecule has 40 heavy (non-hydrogen) atoms. The third-order valence-electron chi connectivity index (χ3n) is 6.93. The number of para-hydroxylation sites is 4. The van der Waals surface area contributed by atoms with Crippen molar-refractivity contribution in [1.82, 2.24) is 10.6 Å². The van der Waals surface area contributed by atoms with Gasteiger partial charge in [-0.1, -0.05) is 84.9 Å². The number of benzene rings is 4. The molecule has 8 heteroatoms.